The van der Waals surface area contributed by atoms with Crippen molar-refractivity contribution in [3.8, 4) is 77.9 Å². The minimum atomic E-state index is 1.07. The fraction of sp³-hybridized carbons (Fsp3) is 0.0559. The van der Waals surface area contributed by atoms with Gasteiger partial charge in [0, 0.05) is 36.7 Å². The molecule has 146 heavy (non-hydrogen) atoms. The molecule has 0 atom stereocenters. The summed E-state index contributed by atoms with van der Waals surface area (Å²) in [5, 5.41) is 31.5. The van der Waals surface area contributed by atoms with Gasteiger partial charge in [-0.1, -0.05) is 478 Å². The lowest BCUT2D eigenvalue weighted by Gasteiger charge is -2.19. The molecule has 0 spiro atoms. The molecule has 27 rings (SSSR count). The van der Waals surface area contributed by atoms with Crippen LogP contribution in [0.25, 0.3) is 207 Å². The van der Waals surface area contributed by atoms with Gasteiger partial charge in [-0.15, -0.1) is 0 Å². The zero-order valence-electron chi connectivity index (χ0n) is 83.7. The highest BCUT2D eigenvalue weighted by molar-refractivity contribution is 6.25. The van der Waals surface area contributed by atoms with E-state index in [1.165, 1.54) is 246 Å². The van der Waals surface area contributed by atoms with E-state index < -0.39 is 0 Å². The number of nitrogens with zero attached hydrogens (tertiary/aromatic N) is 3. The average Bonchev–Trinajstić information content (AvgIpc) is 0.744. The summed E-state index contributed by atoms with van der Waals surface area (Å²) in [6, 6.07) is 182. The fourth-order valence-electron chi connectivity index (χ4n) is 20.7. The van der Waals surface area contributed by atoms with Crippen LogP contribution in [-0.4, -0.2) is 15.0 Å². The van der Waals surface area contributed by atoms with Crippen LogP contribution in [0.15, 0.2) is 541 Å². The van der Waals surface area contributed by atoms with Gasteiger partial charge in [0.2, 0.25) is 0 Å². The second-order valence-electron chi connectivity index (χ2n) is 37.5. The third kappa shape index (κ3) is 20.8. The van der Waals surface area contributed by atoms with Gasteiger partial charge in [-0.05, 0) is 333 Å². The van der Waals surface area contributed by atoms with Crippen molar-refractivity contribution in [1.29, 1.82) is 0 Å². The van der Waals surface area contributed by atoms with Crippen LogP contribution in [0.2, 0.25) is 0 Å². The molecule has 3 aromatic heterocycles. The molecule has 700 valence electrons. The molecule has 3 nitrogen and oxygen atoms in total. The fourth-order valence-corrected chi connectivity index (χ4v) is 20.7. The summed E-state index contributed by atoms with van der Waals surface area (Å²) >= 11 is 0. The minimum Gasteiger partial charge on any atom is -0.265 e. The lowest BCUT2D eigenvalue weighted by Crippen LogP contribution is -1.92. The van der Waals surface area contributed by atoms with E-state index in [2.05, 4.69) is 517 Å². The maximum atomic E-state index is 3.98. The van der Waals surface area contributed by atoms with E-state index in [1.807, 2.05) is 69.4 Å². The van der Waals surface area contributed by atoms with Crippen LogP contribution < -0.4 is 0 Å². The topological polar surface area (TPSA) is 38.7 Å². The van der Waals surface area contributed by atoms with E-state index in [4.69, 9.17) is 0 Å². The molecule has 24 aromatic carbocycles. The van der Waals surface area contributed by atoms with Crippen LogP contribution in [0.5, 0.6) is 0 Å². The molecular weight excluding hydrogens is 1760 g/mol. The van der Waals surface area contributed by atoms with Gasteiger partial charge < -0.3 is 0 Å². The molecule has 27 aromatic rings. The molecular formula is C143H113N3. The summed E-state index contributed by atoms with van der Waals surface area (Å²) in [5.74, 6) is 0. The standard InChI is InChI=1S/C35H24.C27H20.C25H18.C21H16.C17H14.3C6H7N/c1-23-14-19-32-33(20-23)35(29-18-16-25-9-3-5-11-27(25)22-29)31-13-7-6-12-30(31)34(32)28-17-15-24-8-2-4-10-26(24)21-28;1-19-16-17-24-25(18-19)27(21-12-6-3-7-13-21)23-15-9-8-14-22(23)26(24)20-10-4-2-5-11-20;1-17-19-11-4-6-14-22(19)25(23-15-7-5-12-20(17)23)24-16-8-10-18-9-2-3-13-21(18)24;1-15-17-11-5-7-13-19(17)21(16-9-3-2-4-10-16)20-14-8-6-12-18(15)20;1-13-11-12-16(14-7-3-2-4-8-14)17-10-6-5-9-15(13)17;1-6-2-4-7-5-3-6;1-6-3-2-4-7-5-6;1-6-4-2-3-5-7-6/h2-22H,1H3;2-18H,1H3;2-16H,1H3;2-14H,1H3;2-12H,1H3;3*2-5H,1H3. The van der Waals surface area contributed by atoms with Gasteiger partial charge in [0.1, 0.15) is 0 Å². The zero-order chi connectivity index (χ0) is 99.6. The van der Waals surface area contributed by atoms with Crippen LogP contribution in [-0.2, 0) is 0 Å². The van der Waals surface area contributed by atoms with Crippen molar-refractivity contribution in [3.63, 3.8) is 0 Å². The quantitative estimate of drug-likeness (QED) is 0.149. The third-order valence-corrected chi connectivity index (χ3v) is 27.8. The van der Waals surface area contributed by atoms with Crippen molar-refractivity contribution >= 4 is 129 Å². The Balaban J connectivity index is 0.000000107. The Bertz CT molecular complexity index is 9080. The molecule has 0 amide bonds. The number of pyridine rings is 3. The number of hydrogen-bond acceptors (Lipinski definition) is 3. The molecule has 0 saturated carbocycles. The van der Waals surface area contributed by atoms with Crippen LogP contribution in [0.1, 0.15) is 44.6 Å². The van der Waals surface area contributed by atoms with Crippen molar-refractivity contribution in [3.05, 3.63) is 585 Å². The first-order chi connectivity index (χ1) is 71.8. The molecule has 0 bridgehead atoms. The van der Waals surface area contributed by atoms with Crippen LogP contribution in [0, 0.1) is 55.4 Å². The van der Waals surface area contributed by atoms with Crippen molar-refractivity contribution in [2.75, 3.05) is 0 Å². The highest BCUT2D eigenvalue weighted by Crippen LogP contribution is 2.49. The monoisotopic (exact) mass is 1870 g/mol. The molecule has 0 fully saturated rings. The molecule has 0 aliphatic heterocycles. The van der Waals surface area contributed by atoms with Gasteiger partial charge in [0.15, 0.2) is 0 Å². The van der Waals surface area contributed by atoms with Crippen LogP contribution in [0.3, 0.4) is 0 Å². The molecule has 0 saturated heterocycles. The van der Waals surface area contributed by atoms with Crippen molar-refractivity contribution in [1.82, 2.24) is 15.0 Å². The Labute approximate surface area is 856 Å². The number of aryl methyl sites for hydroxylation is 8. The Kier molecular flexibility index (Phi) is 29.2. The van der Waals surface area contributed by atoms with E-state index in [-0.39, 0.29) is 0 Å². The normalized spacial score (nSPS) is 10.9. The van der Waals surface area contributed by atoms with Gasteiger partial charge in [-0.2, -0.15) is 0 Å². The molecule has 0 aliphatic rings. The second kappa shape index (κ2) is 44.8. The van der Waals surface area contributed by atoms with Crippen molar-refractivity contribution in [2.24, 2.45) is 0 Å². The molecule has 0 N–H and O–H groups in total. The lowest BCUT2D eigenvalue weighted by atomic mass is 9.84. The van der Waals surface area contributed by atoms with E-state index in [9.17, 15) is 0 Å². The molecule has 0 unspecified atom stereocenters. The maximum Gasteiger partial charge on any atom is 0.0372 e. The summed E-state index contributed by atoms with van der Waals surface area (Å²) in [4.78, 5) is 11.7. The smallest absolute Gasteiger partial charge is 0.0372 e. The largest absolute Gasteiger partial charge is 0.265 e. The van der Waals surface area contributed by atoms with Gasteiger partial charge in [-0.25, -0.2) is 0 Å². The highest BCUT2D eigenvalue weighted by atomic mass is 14.6. The summed E-state index contributed by atoms with van der Waals surface area (Å²) in [6.45, 7) is 17.0. The molecule has 0 radical (unpaired) electrons. The number of aromatic nitrogens is 3. The van der Waals surface area contributed by atoms with Crippen molar-refractivity contribution < 1.29 is 0 Å². The minimum absolute atomic E-state index is 1.07. The zero-order valence-corrected chi connectivity index (χ0v) is 83.7. The van der Waals surface area contributed by atoms with Crippen LogP contribution >= 0.6 is 0 Å². The first-order valence-electron chi connectivity index (χ1n) is 50.3. The van der Waals surface area contributed by atoms with Gasteiger partial charge in [-0.3, -0.25) is 15.0 Å². The Morgan fingerprint density at radius 2 is 0.479 bits per heavy atom. The van der Waals surface area contributed by atoms with E-state index in [0.29, 0.717) is 0 Å². The maximum absolute atomic E-state index is 3.98. The third-order valence-electron chi connectivity index (χ3n) is 27.8. The van der Waals surface area contributed by atoms with Gasteiger partial charge >= 0.3 is 0 Å². The second-order valence-corrected chi connectivity index (χ2v) is 37.5. The summed E-state index contributed by atoms with van der Waals surface area (Å²) in [6.07, 6.45) is 8.97. The Morgan fingerprint density at radius 1 is 0.144 bits per heavy atom. The average molecular weight is 1870 g/mol. The van der Waals surface area contributed by atoms with Gasteiger partial charge in [0.25, 0.3) is 0 Å². The van der Waals surface area contributed by atoms with Crippen LogP contribution in [0.4, 0.5) is 0 Å². The Morgan fingerprint density at radius 3 is 0.863 bits per heavy atom. The highest BCUT2D eigenvalue weighted by Gasteiger charge is 2.22. The predicted molar refractivity (Wildman–Crippen MR) is 631 cm³/mol. The SMILES string of the molecule is Cc1c2ccccc2c(-c2cccc3ccccc23)c2ccccc12.Cc1c2ccccc2c(-c2ccccc2)c2ccccc12.Cc1ccc(-c2ccccc2)c2ccccc12.Cc1ccc2c(-c3ccc4ccccc4c3)c3ccccc3c(-c3ccc4ccccc4c3)c2c1.Cc1ccc2c(-c3ccccc3)c3ccccc3c(-c3ccccc3)c2c1.Cc1ccccn1.Cc1cccnc1.Cc1ccncc1. The number of fused-ring (bicyclic) bond motifs is 12. The van der Waals surface area contributed by atoms with Crippen molar-refractivity contribution in [2.45, 2.75) is 55.4 Å². The number of hydrogen-bond donors (Lipinski definition) is 0. The first-order valence-corrected chi connectivity index (χ1v) is 50.3. The van der Waals surface area contributed by atoms with E-state index in [0.717, 1.165) is 5.69 Å². The molecule has 0 aliphatic carbocycles. The molecule has 3 heterocycles. The van der Waals surface area contributed by atoms with E-state index >= 15 is 0 Å². The van der Waals surface area contributed by atoms with Gasteiger partial charge in [0.05, 0.1) is 0 Å². The first kappa shape index (κ1) is 95.4. The number of rotatable bonds is 7. The summed E-state index contributed by atoms with van der Waals surface area (Å²) in [5.41, 5.74) is 28.4. The molecule has 3 heteroatoms. The number of benzene rings is 24. The summed E-state index contributed by atoms with van der Waals surface area (Å²) in [7, 11) is 0. The lowest BCUT2D eigenvalue weighted by molar-refractivity contribution is 1.20. The summed E-state index contributed by atoms with van der Waals surface area (Å²) < 4.78 is 0. The van der Waals surface area contributed by atoms with E-state index in [1.54, 1.807) is 24.8 Å². The predicted octanol–water partition coefficient (Wildman–Crippen LogP) is 39.7. The Hall–Kier alpha value is -18.2.